The van der Waals surface area contributed by atoms with Crippen LogP contribution in [-0.4, -0.2) is 14.5 Å². The Morgan fingerprint density at radius 2 is 2.04 bits per heavy atom. The summed E-state index contributed by atoms with van der Waals surface area (Å²) >= 11 is 0. The van der Waals surface area contributed by atoms with E-state index in [0.717, 1.165) is 53.3 Å². The summed E-state index contributed by atoms with van der Waals surface area (Å²) in [4.78, 5) is 21.9. The molecule has 1 aliphatic carbocycles. The van der Waals surface area contributed by atoms with Crippen LogP contribution in [0.15, 0.2) is 52.0 Å². The van der Waals surface area contributed by atoms with Gasteiger partial charge in [-0.1, -0.05) is 12.8 Å². The van der Waals surface area contributed by atoms with E-state index in [1.165, 1.54) is 0 Å². The molecule has 1 N–H and O–H groups in total. The van der Waals surface area contributed by atoms with Gasteiger partial charge >= 0.3 is 0 Å². The van der Waals surface area contributed by atoms with Crippen molar-refractivity contribution in [1.82, 2.24) is 14.5 Å². The molecule has 3 heterocycles. The van der Waals surface area contributed by atoms with E-state index in [1.807, 2.05) is 35.8 Å². The SMILES string of the molecule is Cc1cc(=O)n(C2CCCC2)c2nc(Nc3ccc4occc4c3)ncc12. The van der Waals surface area contributed by atoms with Crippen molar-refractivity contribution in [1.29, 1.82) is 0 Å². The van der Waals surface area contributed by atoms with E-state index >= 15 is 0 Å². The first-order valence-corrected chi connectivity index (χ1v) is 9.32. The number of aryl methyl sites for hydroxylation is 1. The van der Waals surface area contributed by atoms with Crippen molar-refractivity contribution in [2.75, 3.05) is 5.32 Å². The van der Waals surface area contributed by atoms with Gasteiger partial charge in [-0.3, -0.25) is 9.36 Å². The fourth-order valence-corrected chi connectivity index (χ4v) is 4.02. The maximum Gasteiger partial charge on any atom is 0.252 e. The van der Waals surface area contributed by atoms with E-state index < -0.39 is 0 Å². The molecule has 0 radical (unpaired) electrons. The number of benzene rings is 1. The quantitative estimate of drug-likeness (QED) is 0.573. The molecular formula is C21H20N4O2. The second-order valence-electron chi connectivity index (χ2n) is 7.20. The molecule has 0 atom stereocenters. The molecule has 0 aliphatic heterocycles. The molecule has 136 valence electrons. The van der Waals surface area contributed by atoms with Crippen LogP contribution in [-0.2, 0) is 0 Å². The number of fused-ring (bicyclic) bond motifs is 2. The number of furan rings is 1. The molecule has 0 saturated heterocycles. The third-order valence-electron chi connectivity index (χ3n) is 5.40. The highest BCUT2D eigenvalue weighted by molar-refractivity contribution is 5.83. The minimum atomic E-state index is 0.0244. The zero-order chi connectivity index (χ0) is 18.4. The highest BCUT2D eigenvalue weighted by Crippen LogP contribution is 2.31. The molecule has 5 rings (SSSR count). The molecule has 6 nitrogen and oxygen atoms in total. The van der Waals surface area contributed by atoms with E-state index in [1.54, 1.807) is 18.5 Å². The number of pyridine rings is 1. The Kier molecular flexibility index (Phi) is 3.70. The monoisotopic (exact) mass is 360 g/mol. The van der Waals surface area contributed by atoms with Gasteiger partial charge in [0.2, 0.25) is 5.95 Å². The van der Waals surface area contributed by atoms with E-state index in [-0.39, 0.29) is 11.6 Å². The lowest BCUT2D eigenvalue weighted by atomic mass is 10.1. The van der Waals surface area contributed by atoms with Crippen LogP contribution in [0.25, 0.3) is 22.0 Å². The van der Waals surface area contributed by atoms with Gasteiger partial charge < -0.3 is 9.73 Å². The van der Waals surface area contributed by atoms with Crippen LogP contribution in [0, 0.1) is 6.92 Å². The minimum Gasteiger partial charge on any atom is -0.464 e. The average Bonchev–Trinajstić information content (AvgIpc) is 3.33. The van der Waals surface area contributed by atoms with Crippen molar-refractivity contribution >= 4 is 33.6 Å². The molecule has 27 heavy (non-hydrogen) atoms. The Bertz CT molecular complexity index is 1200. The van der Waals surface area contributed by atoms with Crippen LogP contribution < -0.4 is 10.9 Å². The van der Waals surface area contributed by atoms with Gasteiger partial charge in [0.15, 0.2) is 0 Å². The molecule has 4 aromatic rings. The van der Waals surface area contributed by atoms with Gasteiger partial charge in [-0.15, -0.1) is 0 Å². The molecule has 6 heteroatoms. The van der Waals surface area contributed by atoms with Crippen LogP contribution >= 0.6 is 0 Å². The van der Waals surface area contributed by atoms with Crippen LogP contribution in [0.3, 0.4) is 0 Å². The largest absolute Gasteiger partial charge is 0.464 e. The first-order chi connectivity index (χ1) is 13.2. The molecule has 0 bridgehead atoms. The number of aromatic nitrogens is 3. The molecule has 0 spiro atoms. The molecule has 1 aromatic carbocycles. The van der Waals surface area contributed by atoms with Gasteiger partial charge in [0.05, 0.1) is 6.26 Å². The van der Waals surface area contributed by atoms with Crippen LogP contribution in [0.5, 0.6) is 0 Å². The summed E-state index contributed by atoms with van der Waals surface area (Å²) in [5.74, 6) is 0.488. The predicted octanol–water partition coefficient (Wildman–Crippen LogP) is 4.70. The zero-order valence-electron chi connectivity index (χ0n) is 15.1. The van der Waals surface area contributed by atoms with Crippen molar-refractivity contribution in [3.63, 3.8) is 0 Å². The van der Waals surface area contributed by atoms with Crippen molar-refractivity contribution in [3.05, 3.63) is 58.7 Å². The first kappa shape index (κ1) is 16.1. The number of rotatable bonds is 3. The van der Waals surface area contributed by atoms with Gasteiger partial charge in [0.25, 0.3) is 5.56 Å². The smallest absolute Gasteiger partial charge is 0.252 e. The highest BCUT2D eigenvalue weighted by Gasteiger charge is 2.21. The third kappa shape index (κ3) is 2.77. The van der Waals surface area contributed by atoms with Crippen LogP contribution in [0.1, 0.15) is 37.3 Å². The van der Waals surface area contributed by atoms with Crippen LogP contribution in [0.2, 0.25) is 0 Å². The van der Waals surface area contributed by atoms with E-state index in [2.05, 4.69) is 10.3 Å². The molecule has 3 aromatic heterocycles. The Labute approximate surface area is 155 Å². The number of nitrogens with zero attached hydrogens (tertiary/aromatic N) is 3. The summed E-state index contributed by atoms with van der Waals surface area (Å²) in [5.41, 5.74) is 3.37. The fourth-order valence-electron chi connectivity index (χ4n) is 4.02. The normalized spacial score (nSPS) is 15.0. The van der Waals surface area contributed by atoms with Crippen molar-refractivity contribution in [3.8, 4) is 0 Å². The lowest BCUT2D eigenvalue weighted by Crippen LogP contribution is -2.24. The minimum absolute atomic E-state index is 0.0244. The first-order valence-electron chi connectivity index (χ1n) is 9.32. The molecule has 1 fully saturated rings. The molecule has 1 saturated carbocycles. The molecule has 0 amide bonds. The number of nitrogens with one attached hydrogen (secondary N) is 1. The summed E-state index contributed by atoms with van der Waals surface area (Å²) < 4.78 is 7.25. The topological polar surface area (TPSA) is 73.0 Å². The summed E-state index contributed by atoms with van der Waals surface area (Å²) in [5, 5.41) is 5.20. The summed E-state index contributed by atoms with van der Waals surface area (Å²) in [6.45, 7) is 1.94. The summed E-state index contributed by atoms with van der Waals surface area (Å²) in [7, 11) is 0. The van der Waals surface area contributed by atoms with Crippen molar-refractivity contribution < 1.29 is 4.42 Å². The Balaban J connectivity index is 1.60. The van der Waals surface area contributed by atoms with Crippen molar-refractivity contribution in [2.24, 2.45) is 0 Å². The van der Waals surface area contributed by atoms with Gasteiger partial charge in [-0.2, -0.15) is 4.98 Å². The number of hydrogen-bond acceptors (Lipinski definition) is 5. The van der Waals surface area contributed by atoms with Gasteiger partial charge in [0.1, 0.15) is 11.2 Å². The maximum atomic E-state index is 12.7. The van der Waals surface area contributed by atoms with E-state index in [9.17, 15) is 4.79 Å². The second kappa shape index (κ2) is 6.23. The highest BCUT2D eigenvalue weighted by atomic mass is 16.3. The van der Waals surface area contributed by atoms with Gasteiger partial charge in [0, 0.05) is 34.8 Å². The summed E-state index contributed by atoms with van der Waals surface area (Å²) in [6.07, 6.45) is 7.86. The standard InChI is InChI=1S/C21H20N4O2/c1-13-10-19(26)25(16-4-2-3-5-16)20-17(13)12-22-21(24-20)23-15-6-7-18-14(11-15)8-9-27-18/h6-12,16H,2-5H2,1H3,(H,22,23,24). The predicted molar refractivity (Wildman–Crippen MR) is 106 cm³/mol. The Morgan fingerprint density at radius 3 is 2.89 bits per heavy atom. The van der Waals surface area contributed by atoms with Crippen molar-refractivity contribution in [2.45, 2.75) is 38.6 Å². The van der Waals surface area contributed by atoms with Gasteiger partial charge in [-0.05, 0) is 49.6 Å². The van der Waals surface area contributed by atoms with E-state index in [4.69, 9.17) is 9.40 Å². The average molecular weight is 360 g/mol. The van der Waals surface area contributed by atoms with Crippen LogP contribution in [0.4, 0.5) is 11.6 Å². The molecule has 0 unspecified atom stereocenters. The number of anilines is 2. The second-order valence-corrected chi connectivity index (χ2v) is 7.20. The summed E-state index contributed by atoms with van der Waals surface area (Å²) in [6, 6.07) is 9.68. The molecular weight excluding hydrogens is 340 g/mol. The maximum absolute atomic E-state index is 12.7. The van der Waals surface area contributed by atoms with Gasteiger partial charge in [-0.25, -0.2) is 4.98 Å². The lowest BCUT2D eigenvalue weighted by Gasteiger charge is -2.17. The Hall–Kier alpha value is -3.15. The number of hydrogen-bond donors (Lipinski definition) is 1. The third-order valence-corrected chi connectivity index (χ3v) is 5.40. The lowest BCUT2D eigenvalue weighted by molar-refractivity contribution is 0.515. The molecule has 1 aliphatic rings. The Morgan fingerprint density at radius 1 is 1.19 bits per heavy atom. The fraction of sp³-hybridized carbons (Fsp3) is 0.286. The van der Waals surface area contributed by atoms with E-state index in [0.29, 0.717) is 11.6 Å². The zero-order valence-corrected chi connectivity index (χ0v) is 15.1.